The highest BCUT2D eigenvalue weighted by atomic mass is 19.4. The predicted molar refractivity (Wildman–Crippen MR) is 95.6 cm³/mol. The van der Waals surface area contributed by atoms with Crippen LogP contribution in [0.5, 0.6) is 0 Å². The lowest BCUT2D eigenvalue weighted by Crippen LogP contribution is -2.57. The normalized spacial score (nSPS) is 31.8. The highest BCUT2D eigenvalue weighted by molar-refractivity contribution is 5.67. The first-order chi connectivity index (χ1) is 14.0. The first-order valence-electron chi connectivity index (χ1n) is 10.1. The summed E-state index contributed by atoms with van der Waals surface area (Å²) in [6.07, 6.45) is -3.98. The Labute approximate surface area is 169 Å². The van der Waals surface area contributed by atoms with Crippen LogP contribution in [-0.2, 0) is 17.1 Å². The number of hydrogen-bond acceptors (Lipinski definition) is 5. The van der Waals surface area contributed by atoms with Gasteiger partial charge in [0.05, 0.1) is 0 Å². The second-order valence-corrected chi connectivity index (χ2v) is 8.84. The van der Waals surface area contributed by atoms with Gasteiger partial charge in [0.1, 0.15) is 17.6 Å². The van der Waals surface area contributed by atoms with Crippen molar-refractivity contribution in [1.29, 1.82) is 0 Å². The molecule has 6 rings (SSSR count). The van der Waals surface area contributed by atoms with Gasteiger partial charge in [-0.1, -0.05) is 0 Å². The molecule has 1 saturated carbocycles. The lowest BCUT2D eigenvalue weighted by Gasteiger charge is -2.54. The van der Waals surface area contributed by atoms with E-state index in [0.29, 0.717) is 24.5 Å². The number of halogens is 5. The molecule has 2 bridgehead atoms. The van der Waals surface area contributed by atoms with E-state index in [9.17, 15) is 26.7 Å². The second kappa shape index (κ2) is 6.40. The van der Waals surface area contributed by atoms with Crippen molar-refractivity contribution >= 4 is 17.7 Å². The van der Waals surface area contributed by atoms with E-state index in [-0.39, 0.29) is 49.5 Å². The van der Waals surface area contributed by atoms with Crippen LogP contribution in [0.1, 0.15) is 36.9 Å². The standard InChI is InChI=1S/C19H21F5N4O2/c20-18(21)3-1-11-15(18)25-17(28-4-2-13(28)19(22,23)24)26-16(11)27-7-9-5-10(8-27)12(9)6-14(29)30/h9-10,12-13H,1-8H2,(H,29,30)/t9-,10+,12?,13-/m0/s1. The van der Waals surface area contributed by atoms with Gasteiger partial charge in [-0.3, -0.25) is 4.79 Å². The first kappa shape index (κ1) is 19.7. The quantitative estimate of drug-likeness (QED) is 0.737. The van der Waals surface area contributed by atoms with E-state index in [1.165, 1.54) is 0 Å². The molecule has 4 heterocycles. The van der Waals surface area contributed by atoms with Crippen LogP contribution in [-0.4, -0.2) is 52.9 Å². The third kappa shape index (κ3) is 2.99. The lowest BCUT2D eigenvalue weighted by atomic mass is 9.60. The summed E-state index contributed by atoms with van der Waals surface area (Å²) in [6.45, 7) is 1.02. The summed E-state index contributed by atoms with van der Waals surface area (Å²) in [5.74, 6) is -3.73. The maximum atomic E-state index is 14.5. The van der Waals surface area contributed by atoms with E-state index in [2.05, 4.69) is 9.97 Å². The van der Waals surface area contributed by atoms with Crippen molar-refractivity contribution in [1.82, 2.24) is 9.97 Å². The van der Waals surface area contributed by atoms with Crippen LogP contribution < -0.4 is 9.80 Å². The molecule has 0 spiro atoms. The summed E-state index contributed by atoms with van der Waals surface area (Å²) >= 11 is 0. The molecule has 1 aromatic heterocycles. The van der Waals surface area contributed by atoms with Crippen LogP contribution in [0.25, 0.3) is 0 Å². The van der Waals surface area contributed by atoms with Crippen LogP contribution in [0, 0.1) is 17.8 Å². The van der Waals surface area contributed by atoms with Gasteiger partial charge in [0.2, 0.25) is 5.95 Å². The highest BCUT2D eigenvalue weighted by Gasteiger charge is 2.52. The van der Waals surface area contributed by atoms with Crippen molar-refractivity contribution in [3.63, 3.8) is 0 Å². The van der Waals surface area contributed by atoms with Crippen molar-refractivity contribution in [2.75, 3.05) is 29.4 Å². The lowest BCUT2D eigenvalue weighted by molar-refractivity contribution is -0.160. The smallest absolute Gasteiger partial charge is 0.408 e. The number of carboxylic acid groups (broad SMARTS) is 1. The summed E-state index contributed by atoms with van der Waals surface area (Å²) in [5, 5.41) is 9.08. The fourth-order valence-corrected chi connectivity index (χ4v) is 5.45. The maximum Gasteiger partial charge on any atom is 0.408 e. The molecular weight excluding hydrogens is 411 g/mol. The fourth-order valence-electron chi connectivity index (χ4n) is 5.45. The molecule has 1 N–H and O–H groups in total. The number of anilines is 2. The second-order valence-electron chi connectivity index (χ2n) is 8.84. The molecular formula is C19H21F5N4O2. The van der Waals surface area contributed by atoms with Gasteiger partial charge in [0.25, 0.3) is 5.92 Å². The van der Waals surface area contributed by atoms with Gasteiger partial charge in [-0.05, 0) is 37.0 Å². The van der Waals surface area contributed by atoms with Crippen molar-refractivity contribution < 1.29 is 31.9 Å². The van der Waals surface area contributed by atoms with E-state index in [0.717, 1.165) is 11.3 Å². The zero-order valence-corrected chi connectivity index (χ0v) is 16.0. The average Bonchev–Trinajstić information content (AvgIpc) is 2.92. The van der Waals surface area contributed by atoms with Gasteiger partial charge in [0.15, 0.2) is 0 Å². The first-order valence-corrected chi connectivity index (χ1v) is 10.1. The van der Waals surface area contributed by atoms with E-state index in [1.807, 2.05) is 4.90 Å². The van der Waals surface area contributed by atoms with Crippen LogP contribution in [0.4, 0.5) is 33.7 Å². The SMILES string of the molecule is O=C(O)CC1[C@@H]2C[C@H]1CN(c1nc(N3CC[C@H]3C(F)(F)F)nc3c1CCC3(F)F)C2. The van der Waals surface area contributed by atoms with Crippen LogP contribution in [0.2, 0.25) is 0 Å². The summed E-state index contributed by atoms with van der Waals surface area (Å²) in [5.41, 5.74) is -0.152. The molecule has 3 aliphatic heterocycles. The van der Waals surface area contributed by atoms with Gasteiger partial charge in [-0.25, -0.2) is 4.98 Å². The molecule has 5 aliphatic rings. The molecule has 1 aromatic rings. The minimum atomic E-state index is -4.47. The predicted octanol–water partition coefficient (Wildman–Crippen LogP) is 3.20. The number of alkyl halides is 5. The molecule has 6 nitrogen and oxygen atoms in total. The van der Waals surface area contributed by atoms with E-state index in [4.69, 9.17) is 5.11 Å². The third-order valence-corrected chi connectivity index (χ3v) is 7.10. The van der Waals surface area contributed by atoms with Crippen molar-refractivity contribution in [2.24, 2.45) is 17.8 Å². The van der Waals surface area contributed by atoms with Gasteiger partial charge < -0.3 is 14.9 Å². The Morgan fingerprint density at radius 2 is 1.90 bits per heavy atom. The molecule has 2 aliphatic carbocycles. The van der Waals surface area contributed by atoms with Crippen LogP contribution in [0.15, 0.2) is 0 Å². The number of carboxylic acids is 1. The zero-order valence-electron chi connectivity index (χ0n) is 16.0. The number of rotatable bonds is 4. The number of hydrogen-bond donors (Lipinski definition) is 1. The Morgan fingerprint density at radius 3 is 2.47 bits per heavy atom. The largest absolute Gasteiger partial charge is 0.481 e. The summed E-state index contributed by atoms with van der Waals surface area (Å²) in [6, 6.07) is -1.76. The fraction of sp³-hybridized carbons (Fsp3) is 0.737. The molecule has 164 valence electrons. The summed E-state index contributed by atoms with van der Waals surface area (Å²) in [7, 11) is 0. The maximum absolute atomic E-state index is 14.5. The highest BCUT2D eigenvalue weighted by Crippen LogP contribution is 2.51. The van der Waals surface area contributed by atoms with E-state index in [1.54, 1.807) is 0 Å². The number of nitrogens with zero attached hydrogens (tertiary/aromatic N) is 4. The van der Waals surface area contributed by atoms with Gasteiger partial charge in [0, 0.05) is 38.0 Å². The van der Waals surface area contributed by atoms with Gasteiger partial charge >= 0.3 is 12.1 Å². The minimum Gasteiger partial charge on any atom is -0.481 e. The van der Waals surface area contributed by atoms with Crippen LogP contribution >= 0.6 is 0 Å². The van der Waals surface area contributed by atoms with Crippen molar-refractivity contribution in [2.45, 2.75) is 50.2 Å². The van der Waals surface area contributed by atoms with E-state index < -0.39 is 36.2 Å². The van der Waals surface area contributed by atoms with E-state index >= 15 is 0 Å². The molecule has 3 saturated heterocycles. The third-order valence-electron chi connectivity index (χ3n) is 7.10. The van der Waals surface area contributed by atoms with Crippen molar-refractivity contribution in [3.8, 4) is 0 Å². The average molecular weight is 432 g/mol. The van der Waals surface area contributed by atoms with Gasteiger partial charge in [-0.15, -0.1) is 0 Å². The Balaban J connectivity index is 1.47. The number of aliphatic carboxylic acids is 1. The molecule has 4 atom stereocenters. The monoisotopic (exact) mass is 432 g/mol. The zero-order chi connectivity index (χ0) is 21.4. The molecule has 0 aromatic carbocycles. The van der Waals surface area contributed by atoms with Gasteiger partial charge in [-0.2, -0.15) is 26.9 Å². The molecule has 1 unspecified atom stereocenters. The topological polar surface area (TPSA) is 69.6 Å². The molecule has 30 heavy (non-hydrogen) atoms. The molecule has 4 fully saturated rings. The number of fused-ring (bicyclic) bond motifs is 3. The summed E-state index contributed by atoms with van der Waals surface area (Å²) < 4.78 is 68.6. The van der Waals surface area contributed by atoms with Crippen molar-refractivity contribution in [3.05, 3.63) is 11.3 Å². The summed E-state index contributed by atoms with van der Waals surface area (Å²) in [4.78, 5) is 22.1. The number of aromatic nitrogens is 2. The molecule has 0 amide bonds. The Bertz CT molecular complexity index is 880. The Morgan fingerprint density at radius 1 is 1.20 bits per heavy atom. The Kier molecular flexibility index (Phi) is 4.21. The number of carbonyl (C=O) groups is 1. The molecule has 11 heteroatoms. The molecule has 0 radical (unpaired) electrons. The Hall–Kier alpha value is -2.20. The minimum absolute atomic E-state index is 0.0551. The van der Waals surface area contributed by atoms with Crippen LogP contribution in [0.3, 0.4) is 0 Å². The number of piperidine rings is 2.